The first-order valence-electron chi connectivity index (χ1n) is 7.59. The van der Waals surface area contributed by atoms with Crippen LogP contribution in [0.1, 0.15) is 19.4 Å². The summed E-state index contributed by atoms with van der Waals surface area (Å²) in [5, 5.41) is 2.44. The van der Waals surface area contributed by atoms with Crippen molar-refractivity contribution in [2.45, 2.75) is 32.2 Å². The van der Waals surface area contributed by atoms with Crippen molar-refractivity contribution in [1.29, 1.82) is 0 Å². The first-order valence-corrected chi connectivity index (χ1v) is 9.57. The first-order chi connectivity index (χ1) is 11.5. The summed E-state index contributed by atoms with van der Waals surface area (Å²) in [6.07, 6.45) is -4.29. The molecule has 0 amide bonds. The highest BCUT2D eigenvalue weighted by atomic mass is 35.5. The molecule has 1 N–H and O–H groups in total. The van der Waals surface area contributed by atoms with Crippen LogP contribution in [0.4, 0.5) is 19.0 Å². The van der Waals surface area contributed by atoms with E-state index in [1.165, 1.54) is 4.31 Å². The van der Waals surface area contributed by atoms with Crippen LogP contribution in [0.25, 0.3) is 0 Å². The van der Waals surface area contributed by atoms with Crippen LogP contribution >= 0.6 is 11.6 Å². The molecule has 25 heavy (non-hydrogen) atoms. The fraction of sp³-hybridized carbons (Fsp3) is 0.643. The average Bonchev–Trinajstić information content (AvgIpc) is 2.46. The predicted molar refractivity (Wildman–Crippen MR) is 88.1 cm³/mol. The summed E-state index contributed by atoms with van der Waals surface area (Å²) in [6, 6.07) is 0.747. The zero-order valence-corrected chi connectivity index (χ0v) is 15.2. The van der Waals surface area contributed by atoms with Crippen molar-refractivity contribution in [3.8, 4) is 0 Å². The molecular formula is C14H19ClF3N3O3S. The second-order valence-electron chi connectivity index (χ2n) is 5.87. The van der Waals surface area contributed by atoms with Gasteiger partial charge in [0.1, 0.15) is 5.82 Å². The Balaban J connectivity index is 1.96. The third kappa shape index (κ3) is 5.44. The molecule has 0 bridgehead atoms. The fourth-order valence-corrected chi connectivity index (χ4v) is 4.23. The molecule has 1 aliphatic heterocycles. The molecule has 1 fully saturated rings. The van der Waals surface area contributed by atoms with E-state index in [1.807, 2.05) is 0 Å². The maximum Gasteiger partial charge on any atom is 0.417 e. The molecule has 0 spiro atoms. The maximum absolute atomic E-state index is 12.6. The number of anilines is 1. The van der Waals surface area contributed by atoms with Crippen molar-refractivity contribution in [3.05, 3.63) is 22.8 Å². The van der Waals surface area contributed by atoms with Gasteiger partial charge in [-0.05, 0) is 19.9 Å². The van der Waals surface area contributed by atoms with E-state index in [1.54, 1.807) is 13.8 Å². The van der Waals surface area contributed by atoms with Gasteiger partial charge in [-0.15, -0.1) is 0 Å². The van der Waals surface area contributed by atoms with Crippen LogP contribution in [-0.2, 0) is 20.9 Å². The number of sulfonamides is 1. The Bertz CT molecular complexity index is 705. The number of alkyl halides is 3. The Kier molecular flexibility index (Phi) is 6.18. The van der Waals surface area contributed by atoms with Crippen LogP contribution in [0.2, 0.25) is 5.02 Å². The number of nitrogens with zero attached hydrogens (tertiary/aromatic N) is 2. The molecule has 0 unspecified atom stereocenters. The van der Waals surface area contributed by atoms with Gasteiger partial charge in [-0.3, -0.25) is 0 Å². The van der Waals surface area contributed by atoms with Crippen LogP contribution < -0.4 is 5.32 Å². The summed E-state index contributed by atoms with van der Waals surface area (Å²) in [4.78, 5) is 3.61. The van der Waals surface area contributed by atoms with Gasteiger partial charge in [-0.25, -0.2) is 13.4 Å². The molecule has 2 heterocycles. The van der Waals surface area contributed by atoms with Crippen molar-refractivity contribution in [2.24, 2.45) is 0 Å². The lowest BCUT2D eigenvalue weighted by Crippen LogP contribution is -2.49. The first kappa shape index (κ1) is 20.2. The molecular weight excluding hydrogens is 383 g/mol. The number of pyridine rings is 1. The number of ether oxygens (including phenoxy) is 1. The molecule has 2 atom stereocenters. The van der Waals surface area contributed by atoms with Gasteiger partial charge >= 0.3 is 6.18 Å². The molecule has 1 aromatic rings. The lowest BCUT2D eigenvalue weighted by Gasteiger charge is -2.34. The van der Waals surface area contributed by atoms with Crippen LogP contribution in [0, 0.1) is 0 Å². The van der Waals surface area contributed by atoms with E-state index in [2.05, 4.69) is 10.3 Å². The van der Waals surface area contributed by atoms with Crippen LogP contribution in [-0.4, -0.2) is 55.3 Å². The van der Waals surface area contributed by atoms with E-state index in [0.717, 1.165) is 6.07 Å². The number of nitrogens with one attached hydrogen (secondary N) is 1. The van der Waals surface area contributed by atoms with Gasteiger partial charge in [-0.2, -0.15) is 17.5 Å². The summed E-state index contributed by atoms with van der Waals surface area (Å²) < 4.78 is 69.3. The number of rotatable bonds is 5. The lowest BCUT2D eigenvalue weighted by atomic mass is 10.3. The highest BCUT2D eigenvalue weighted by Crippen LogP contribution is 2.32. The van der Waals surface area contributed by atoms with E-state index in [-0.39, 0.29) is 48.4 Å². The van der Waals surface area contributed by atoms with Crippen LogP contribution in [0.3, 0.4) is 0 Å². The minimum Gasteiger partial charge on any atom is -0.373 e. The molecule has 142 valence electrons. The predicted octanol–water partition coefficient (Wildman–Crippen LogP) is 2.60. The molecule has 11 heteroatoms. The summed E-state index contributed by atoms with van der Waals surface area (Å²) in [7, 11) is -3.52. The quantitative estimate of drug-likeness (QED) is 0.821. The fourth-order valence-electron chi connectivity index (χ4n) is 2.51. The highest BCUT2D eigenvalue weighted by Gasteiger charge is 2.32. The summed E-state index contributed by atoms with van der Waals surface area (Å²) in [6.45, 7) is 4.10. The largest absolute Gasteiger partial charge is 0.417 e. The summed E-state index contributed by atoms with van der Waals surface area (Å²) >= 11 is 5.77. The Labute approximate surface area is 149 Å². The van der Waals surface area contributed by atoms with Gasteiger partial charge in [0.15, 0.2) is 0 Å². The number of aromatic nitrogens is 1. The maximum atomic E-state index is 12.6. The Morgan fingerprint density at radius 3 is 2.48 bits per heavy atom. The minimum atomic E-state index is -4.54. The average molecular weight is 402 g/mol. The molecule has 0 aliphatic carbocycles. The summed E-state index contributed by atoms with van der Waals surface area (Å²) in [5.74, 6) is -0.223. The normalized spacial score (nSPS) is 22.8. The molecule has 0 aromatic carbocycles. The number of hydrogen-bond acceptors (Lipinski definition) is 5. The van der Waals surface area contributed by atoms with Crippen molar-refractivity contribution in [3.63, 3.8) is 0 Å². The molecule has 1 aromatic heterocycles. The zero-order valence-electron chi connectivity index (χ0n) is 13.7. The van der Waals surface area contributed by atoms with E-state index in [9.17, 15) is 21.6 Å². The smallest absolute Gasteiger partial charge is 0.373 e. The number of morpholine rings is 1. The number of halogens is 4. The van der Waals surface area contributed by atoms with Crippen LogP contribution in [0.15, 0.2) is 12.3 Å². The Morgan fingerprint density at radius 2 is 1.96 bits per heavy atom. The van der Waals surface area contributed by atoms with Crippen molar-refractivity contribution >= 4 is 27.4 Å². The van der Waals surface area contributed by atoms with E-state index >= 15 is 0 Å². The van der Waals surface area contributed by atoms with E-state index in [4.69, 9.17) is 16.3 Å². The van der Waals surface area contributed by atoms with Crippen molar-refractivity contribution in [1.82, 2.24) is 9.29 Å². The second-order valence-corrected chi connectivity index (χ2v) is 8.36. The van der Waals surface area contributed by atoms with Crippen molar-refractivity contribution in [2.75, 3.05) is 30.7 Å². The van der Waals surface area contributed by atoms with Crippen LogP contribution in [0.5, 0.6) is 0 Å². The second kappa shape index (κ2) is 7.65. The molecule has 0 saturated carbocycles. The summed E-state index contributed by atoms with van der Waals surface area (Å²) in [5.41, 5.74) is -0.966. The van der Waals surface area contributed by atoms with Gasteiger partial charge in [-0.1, -0.05) is 11.6 Å². The highest BCUT2D eigenvalue weighted by molar-refractivity contribution is 7.89. The molecule has 1 aliphatic rings. The Morgan fingerprint density at radius 1 is 1.36 bits per heavy atom. The molecule has 1 saturated heterocycles. The van der Waals surface area contributed by atoms with E-state index < -0.39 is 21.8 Å². The van der Waals surface area contributed by atoms with Gasteiger partial charge < -0.3 is 10.1 Å². The SMILES string of the molecule is C[C@@H]1CN(S(=O)(=O)CCNc2ncc(C(F)(F)F)cc2Cl)C[C@H](C)O1. The number of hydrogen-bond donors (Lipinski definition) is 1. The third-order valence-corrected chi connectivity index (χ3v) is 5.69. The zero-order chi connectivity index (χ0) is 18.8. The standard InChI is InChI=1S/C14H19ClF3N3O3S/c1-9-7-21(8-10(2)24-9)25(22,23)4-3-19-13-12(15)5-11(6-20-13)14(16,17)18/h5-6,9-10H,3-4,7-8H2,1-2H3,(H,19,20)/t9-,10+. The van der Waals surface area contributed by atoms with Gasteiger partial charge in [0.2, 0.25) is 10.0 Å². The Hall–Kier alpha value is -1.10. The monoisotopic (exact) mass is 401 g/mol. The molecule has 0 radical (unpaired) electrons. The van der Waals surface area contributed by atoms with E-state index in [0.29, 0.717) is 6.20 Å². The minimum absolute atomic E-state index is 0.00794. The van der Waals surface area contributed by atoms with Crippen molar-refractivity contribution < 1.29 is 26.3 Å². The van der Waals surface area contributed by atoms with Gasteiger partial charge in [0.05, 0.1) is 28.5 Å². The van der Waals surface area contributed by atoms with Gasteiger partial charge in [0, 0.05) is 25.8 Å². The molecule has 6 nitrogen and oxygen atoms in total. The third-order valence-electron chi connectivity index (χ3n) is 3.60. The molecule has 2 rings (SSSR count). The lowest BCUT2D eigenvalue weighted by molar-refractivity contribution is -0.137. The van der Waals surface area contributed by atoms with Gasteiger partial charge in [0.25, 0.3) is 0 Å². The topological polar surface area (TPSA) is 71.5 Å².